The van der Waals surface area contributed by atoms with Crippen molar-refractivity contribution in [3.63, 3.8) is 0 Å². The van der Waals surface area contributed by atoms with E-state index in [1.54, 1.807) is 18.7 Å². The van der Waals surface area contributed by atoms with Crippen molar-refractivity contribution in [2.75, 3.05) is 12.3 Å². The summed E-state index contributed by atoms with van der Waals surface area (Å²) in [4.78, 5) is 12.3. The number of halogens is 1. The van der Waals surface area contributed by atoms with E-state index in [2.05, 4.69) is 31.3 Å². The number of thioether (sulfide) groups is 1. The smallest absolute Gasteiger partial charge is 0.260 e. The molecule has 0 saturated heterocycles. The van der Waals surface area contributed by atoms with Gasteiger partial charge in [0, 0.05) is 23.1 Å². The summed E-state index contributed by atoms with van der Waals surface area (Å²) in [7, 11) is 0. The van der Waals surface area contributed by atoms with Crippen molar-refractivity contribution in [1.82, 2.24) is 5.32 Å². The minimum absolute atomic E-state index is 0.0849. The van der Waals surface area contributed by atoms with Crippen LogP contribution in [0, 0.1) is 6.92 Å². The molecule has 27 heavy (non-hydrogen) atoms. The van der Waals surface area contributed by atoms with Crippen molar-refractivity contribution in [2.24, 2.45) is 0 Å². The van der Waals surface area contributed by atoms with Gasteiger partial charge in [-0.25, -0.2) is 0 Å². The molecule has 1 unspecified atom stereocenters. The summed E-state index contributed by atoms with van der Waals surface area (Å²) >= 11 is 7.67. The highest BCUT2D eigenvalue weighted by atomic mass is 35.5. The molecule has 0 aliphatic carbocycles. The van der Waals surface area contributed by atoms with Gasteiger partial charge in [0.25, 0.3) is 5.91 Å². The Hall–Kier alpha value is -1.65. The monoisotopic (exact) mass is 405 g/mol. The van der Waals surface area contributed by atoms with E-state index in [4.69, 9.17) is 16.3 Å². The summed E-state index contributed by atoms with van der Waals surface area (Å²) in [5.74, 6) is 2.81. The van der Waals surface area contributed by atoms with Crippen LogP contribution in [-0.2, 0) is 10.5 Å². The molecular formula is C22H28ClNO2S. The second kappa shape index (κ2) is 10.6. The highest BCUT2D eigenvalue weighted by Gasteiger charge is 2.17. The average molecular weight is 406 g/mol. The zero-order valence-electron chi connectivity index (χ0n) is 16.4. The molecule has 1 atom stereocenters. The number of carbonyl (C=O) groups is 1. The Morgan fingerprint density at radius 2 is 1.85 bits per heavy atom. The Labute approximate surface area is 171 Å². The van der Waals surface area contributed by atoms with Gasteiger partial charge < -0.3 is 10.1 Å². The summed E-state index contributed by atoms with van der Waals surface area (Å²) in [6.45, 7) is 8.69. The average Bonchev–Trinajstić information content (AvgIpc) is 2.62. The number of nitrogens with one attached hydrogen (secondary N) is 1. The Bertz CT molecular complexity index is 746. The van der Waals surface area contributed by atoms with Crippen LogP contribution in [0.5, 0.6) is 5.75 Å². The van der Waals surface area contributed by atoms with Crippen molar-refractivity contribution < 1.29 is 9.53 Å². The van der Waals surface area contributed by atoms with Gasteiger partial charge in [0.05, 0.1) is 0 Å². The summed E-state index contributed by atoms with van der Waals surface area (Å²) in [5.41, 5.74) is 3.48. The maximum atomic E-state index is 12.3. The molecule has 0 spiro atoms. The second-order valence-corrected chi connectivity index (χ2v) is 8.47. The molecule has 5 heteroatoms. The molecule has 2 rings (SSSR count). The SMILES string of the molecule is Cc1ccc(C(C)C)c(OC(C)C(=O)NCCSCc2ccc(Cl)cc2)c1. The molecule has 1 N–H and O–H groups in total. The van der Waals surface area contributed by atoms with Gasteiger partial charge >= 0.3 is 0 Å². The molecule has 2 aromatic carbocycles. The fourth-order valence-electron chi connectivity index (χ4n) is 2.63. The molecule has 0 heterocycles. The Balaban J connectivity index is 1.76. The van der Waals surface area contributed by atoms with Crippen LogP contribution in [0.2, 0.25) is 5.02 Å². The molecule has 0 radical (unpaired) electrons. The minimum Gasteiger partial charge on any atom is -0.481 e. The van der Waals surface area contributed by atoms with E-state index in [0.717, 1.165) is 33.4 Å². The van der Waals surface area contributed by atoms with Gasteiger partial charge in [-0.05, 0) is 54.7 Å². The van der Waals surface area contributed by atoms with Crippen molar-refractivity contribution in [3.8, 4) is 5.75 Å². The first kappa shape index (κ1) is 21.6. The van der Waals surface area contributed by atoms with Crippen molar-refractivity contribution in [2.45, 2.75) is 45.5 Å². The number of amides is 1. The van der Waals surface area contributed by atoms with E-state index in [-0.39, 0.29) is 5.91 Å². The number of rotatable bonds is 9. The molecule has 0 aliphatic rings. The molecule has 0 bridgehead atoms. The standard InChI is InChI=1S/C22H28ClNO2S/c1-15(2)20-10-5-16(3)13-21(20)26-17(4)22(25)24-11-12-27-14-18-6-8-19(23)9-7-18/h5-10,13,15,17H,11-12,14H2,1-4H3,(H,24,25). The highest BCUT2D eigenvalue weighted by molar-refractivity contribution is 7.98. The third-order valence-electron chi connectivity index (χ3n) is 4.19. The lowest BCUT2D eigenvalue weighted by atomic mass is 10.0. The van der Waals surface area contributed by atoms with E-state index >= 15 is 0 Å². The molecule has 3 nitrogen and oxygen atoms in total. The fourth-order valence-corrected chi connectivity index (χ4v) is 3.57. The number of benzene rings is 2. The van der Waals surface area contributed by atoms with Gasteiger partial charge in [-0.2, -0.15) is 11.8 Å². The summed E-state index contributed by atoms with van der Waals surface area (Å²) in [5, 5.41) is 3.70. The minimum atomic E-state index is -0.523. The summed E-state index contributed by atoms with van der Waals surface area (Å²) in [6, 6.07) is 14.0. The van der Waals surface area contributed by atoms with Crippen LogP contribution in [0.3, 0.4) is 0 Å². The largest absolute Gasteiger partial charge is 0.481 e. The van der Waals surface area contributed by atoms with E-state index in [1.165, 1.54) is 5.56 Å². The molecule has 0 aliphatic heterocycles. The van der Waals surface area contributed by atoms with Crippen LogP contribution in [-0.4, -0.2) is 24.3 Å². The quantitative estimate of drug-likeness (QED) is 0.552. The molecular weight excluding hydrogens is 378 g/mol. The zero-order valence-corrected chi connectivity index (χ0v) is 18.0. The lowest BCUT2D eigenvalue weighted by molar-refractivity contribution is -0.127. The molecule has 1 amide bonds. The predicted octanol–water partition coefficient (Wildman–Crippen LogP) is 5.59. The summed E-state index contributed by atoms with van der Waals surface area (Å²) in [6.07, 6.45) is -0.523. The first-order valence-electron chi connectivity index (χ1n) is 9.24. The van der Waals surface area contributed by atoms with Crippen molar-refractivity contribution >= 4 is 29.3 Å². The van der Waals surface area contributed by atoms with Gasteiger partial charge in [0.2, 0.25) is 0 Å². The summed E-state index contributed by atoms with van der Waals surface area (Å²) < 4.78 is 5.96. The van der Waals surface area contributed by atoms with Crippen LogP contribution < -0.4 is 10.1 Å². The van der Waals surface area contributed by atoms with Crippen molar-refractivity contribution in [1.29, 1.82) is 0 Å². The van der Waals surface area contributed by atoms with E-state index < -0.39 is 6.10 Å². The fraction of sp³-hybridized carbons (Fsp3) is 0.409. The molecule has 0 saturated carbocycles. The van der Waals surface area contributed by atoms with E-state index in [1.807, 2.05) is 37.3 Å². The number of hydrogen-bond acceptors (Lipinski definition) is 3. The first-order valence-corrected chi connectivity index (χ1v) is 10.8. The molecule has 0 fully saturated rings. The van der Waals surface area contributed by atoms with Crippen LogP contribution in [0.4, 0.5) is 0 Å². The normalized spacial score (nSPS) is 12.1. The van der Waals surface area contributed by atoms with Gasteiger partial charge in [-0.1, -0.05) is 49.7 Å². The lowest BCUT2D eigenvalue weighted by Gasteiger charge is -2.19. The lowest BCUT2D eigenvalue weighted by Crippen LogP contribution is -2.37. The third-order valence-corrected chi connectivity index (χ3v) is 5.47. The highest BCUT2D eigenvalue weighted by Crippen LogP contribution is 2.28. The Morgan fingerprint density at radius 1 is 1.15 bits per heavy atom. The maximum Gasteiger partial charge on any atom is 0.260 e. The third kappa shape index (κ3) is 7.11. The zero-order chi connectivity index (χ0) is 19.8. The van der Waals surface area contributed by atoms with E-state index in [0.29, 0.717) is 12.5 Å². The number of aryl methyl sites for hydroxylation is 1. The van der Waals surface area contributed by atoms with Crippen LogP contribution in [0.1, 0.15) is 43.4 Å². The Morgan fingerprint density at radius 3 is 2.52 bits per heavy atom. The van der Waals surface area contributed by atoms with Crippen LogP contribution in [0.15, 0.2) is 42.5 Å². The van der Waals surface area contributed by atoms with Gasteiger partial charge in [0.1, 0.15) is 5.75 Å². The van der Waals surface area contributed by atoms with Crippen LogP contribution >= 0.6 is 23.4 Å². The van der Waals surface area contributed by atoms with Gasteiger partial charge in [-0.3, -0.25) is 4.79 Å². The van der Waals surface area contributed by atoms with E-state index in [9.17, 15) is 4.79 Å². The van der Waals surface area contributed by atoms with Crippen LogP contribution in [0.25, 0.3) is 0 Å². The predicted molar refractivity (Wildman–Crippen MR) is 116 cm³/mol. The molecule has 2 aromatic rings. The molecule has 146 valence electrons. The second-order valence-electron chi connectivity index (χ2n) is 6.93. The van der Waals surface area contributed by atoms with Gasteiger partial charge in [-0.15, -0.1) is 0 Å². The number of carbonyl (C=O) groups excluding carboxylic acids is 1. The van der Waals surface area contributed by atoms with Gasteiger partial charge in [0.15, 0.2) is 6.10 Å². The topological polar surface area (TPSA) is 38.3 Å². The van der Waals surface area contributed by atoms with Crippen molar-refractivity contribution in [3.05, 3.63) is 64.2 Å². The maximum absolute atomic E-state index is 12.3. The number of hydrogen-bond donors (Lipinski definition) is 1. The first-order chi connectivity index (χ1) is 12.9. The molecule has 0 aromatic heterocycles. The Kier molecular flexibility index (Phi) is 8.52. The number of ether oxygens (including phenoxy) is 1.